The molecule has 2 fully saturated rings. The van der Waals surface area contributed by atoms with Crippen molar-refractivity contribution >= 4 is 29.9 Å². The lowest BCUT2D eigenvalue weighted by molar-refractivity contribution is 0.0574. The van der Waals surface area contributed by atoms with Gasteiger partial charge in [0.25, 0.3) is 0 Å². The first-order valence-corrected chi connectivity index (χ1v) is 9.15. The number of halogens is 1. The number of likely N-dealkylation sites (tertiary alicyclic amines) is 1. The quantitative estimate of drug-likeness (QED) is 0.252. The Balaban J connectivity index is 0.00000288. The van der Waals surface area contributed by atoms with Gasteiger partial charge in [0.2, 0.25) is 0 Å². The van der Waals surface area contributed by atoms with Gasteiger partial charge in [-0.2, -0.15) is 0 Å². The molecule has 0 atom stereocenters. The monoisotopic (exact) mass is 450 g/mol. The second-order valence-corrected chi connectivity index (χ2v) is 7.28. The van der Waals surface area contributed by atoms with Crippen LogP contribution in [0.3, 0.4) is 0 Å². The molecule has 5 nitrogen and oxygen atoms in total. The molecule has 24 heavy (non-hydrogen) atoms. The van der Waals surface area contributed by atoms with E-state index in [1.54, 1.807) is 0 Å². The molecule has 0 aromatic rings. The summed E-state index contributed by atoms with van der Waals surface area (Å²) in [5, 5.41) is 17.3. The Morgan fingerprint density at radius 1 is 1.29 bits per heavy atom. The number of rotatable bonds is 6. The Hall–Kier alpha value is -0.340. The van der Waals surface area contributed by atoms with Crippen LogP contribution in [-0.2, 0) is 0 Å². The maximum atomic E-state index is 10.5. The van der Waals surface area contributed by atoms with E-state index in [4.69, 9.17) is 0 Å². The summed E-state index contributed by atoms with van der Waals surface area (Å²) in [6.45, 7) is 12.7. The van der Waals surface area contributed by atoms with E-state index in [1.165, 1.54) is 5.57 Å². The van der Waals surface area contributed by atoms with E-state index in [0.29, 0.717) is 12.6 Å². The second-order valence-electron chi connectivity index (χ2n) is 7.28. The van der Waals surface area contributed by atoms with Crippen LogP contribution in [0, 0.1) is 0 Å². The molecule has 0 unspecified atom stereocenters. The number of guanidine groups is 1. The predicted octanol–water partition coefficient (Wildman–Crippen LogP) is 2.51. The summed E-state index contributed by atoms with van der Waals surface area (Å²) >= 11 is 0. The van der Waals surface area contributed by atoms with Crippen molar-refractivity contribution < 1.29 is 5.11 Å². The van der Waals surface area contributed by atoms with Gasteiger partial charge in [-0.25, -0.2) is 0 Å². The Morgan fingerprint density at radius 2 is 1.92 bits per heavy atom. The van der Waals surface area contributed by atoms with Gasteiger partial charge in [0.05, 0.1) is 12.1 Å². The molecule has 0 bridgehead atoms. The van der Waals surface area contributed by atoms with E-state index in [-0.39, 0.29) is 24.0 Å². The first kappa shape index (κ1) is 21.7. The molecule has 0 amide bonds. The smallest absolute Gasteiger partial charge is 0.191 e. The van der Waals surface area contributed by atoms with Crippen molar-refractivity contribution in [2.75, 3.05) is 32.7 Å². The fraction of sp³-hybridized carbons (Fsp3) is 0.833. The van der Waals surface area contributed by atoms with Gasteiger partial charge in [0.1, 0.15) is 0 Å². The molecule has 1 saturated carbocycles. The Kier molecular flexibility index (Phi) is 9.59. The van der Waals surface area contributed by atoms with Crippen LogP contribution in [0.15, 0.2) is 17.1 Å². The van der Waals surface area contributed by atoms with Crippen LogP contribution in [-0.4, -0.2) is 60.3 Å². The zero-order valence-electron chi connectivity index (χ0n) is 15.3. The minimum absolute atomic E-state index is 0. The van der Waals surface area contributed by atoms with Crippen molar-refractivity contribution in [3.63, 3.8) is 0 Å². The zero-order chi connectivity index (χ0) is 16.7. The summed E-state index contributed by atoms with van der Waals surface area (Å²) in [6, 6.07) is 0.465. The molecule has 1 heterocycles. The molecular weight excluding hydrogens is 415 g/mol. The number of hydrogen-bond donors (Lipinski definition) is 3. The highest BCUT2D eigenvalue weighted by atomic mass is 127. The van der Waals surface area contributed by atoms with Crippen LogP contribution >= 0.6 is 24.0 Å². The molecule has 0 radical (unpaired) electrons. The number of hydrogen-bond acceptors (Lipinski definition) is 3. The largest absolute Gasteiger partial charge is 0.388 e. The molecule has 1 saturated heterocycles. The van der Waals surface area contributed by atoms with E-state index in [1.807, 2.05) is 0 Å². The maximum absolute atomic E-state index is 10.5. The van der Waals surface area contributed by atoms with E-state index in [9.17, 15) is 5.11 Å². The van der Waals surface area contributed by atoms with E-state index in [0.717, 1.165) is 70.7 Å². The first-order valence-electron chi connectivity index (χ1n) is 9.15. The summed E-state index contributed by atoms with van der Waals surface area (Å²) in [7, 11) is 0. The summed E-state index contributed by atoms with van der Waals surface area (Å²) in [6.07, 6.45) is 6.27. The number of nitrogens with one attached hydrogen (secondary N) is 2. The third-order valence-corrected chi connectivity index (χ3v) is 4.83. The standard InChI is InChI=1S/C18H34N4O.HI/c1-4-19-17(20-14-18(23)9-5-6-10-18)21-16-7-11-22(12-8-16)13-15(2)3;/h16,23H,2,4-14H2,1,3H3,(H2,19,20,21);1H. The first-order chi connectivity index (χ1) is 11.0. The molecular formula is C18H35IN4O. The Morgan fingerprint density at radius 3 is 2.46 bits per heavy atom. The number of aliphatic hydroxyl groups is 1. The predicted molar refractivity (Wildman–Crippen MR) is 112 cm³/mol. The van der Waals surface area contributed by atoms with Gasteiger partial charge in [0, 0.05) is 32.2 Å². The van der Waals surface area contributed by atoms with Gasteiger partial charge in [-0.3, -0.25) is 9.89 Å². The van der Waals surface area contributed by atoms with Gasteiger partial charge in [0.15, 0.2) is 5.96 Å². The lowest BCUT2D eigenvalue weighted by Crippen LogP contribution is -2.49. The average molecular weight is 450 g/mol. The third-order valence-electron chi connectivity index (χ3n) is 4.83. The highest BCUT2D eigenvalue weighted by Crippen LogP contribution is 2.29. The van der Waals surface area contributed by atoms with Crippen LogP contribution < -0.4 is 10.6 Å². The third kappa shape index (κ3) is 7.27. The average Bonchev–Trinajstić information content (AvgIpc) is 2.94. The molecule has 0 aromatic heterocycles. The van der Waals surface area contributed by atoms with Gasteiger partial charge in [-0.05, 0) is 39.5 Å². The molecule has 6 heteroatoms. The van der Waals surface area contributed by atoms with Crippen molar-refractivity contribution in [2.45, 2.75) is 64.0 Å². The van der Waals surface area contributed by atoms with Crippen LogP contribution in [0.1, 0.15) is 52.4 Å². The molecule has 140 valence electrons. The molecule has 0 spiro atoms. The minimum Gasteiger partial charge on any atom is -0.388 e. The van der Waals surface area contributed by atoms with E-state index in [2.05, 4.69) is 41.0 Å². The van der Waals surface area contributed by atoms with Crippen molar-refractivity contribution in [1.82, 2.24) is 15.5 Å². The summed E-state index contributed by atoms with van der Waals surface area (Å²) in [5.41, 5.74) is 0.656. The second kappa shape index (κ2) is 10.6. The molecule has 1 aliphatic heterocycles. The Labute approximate surface area is 164 Å². The number of nitrogens with zero attached hydrogens (tertiary/aromatic N) is 2. The molecule has 0 aromatic carbocycles. The fourth-order valence-corrected chi connectivity index (χ4v) is 3.55. The SMILES string of the molecule is C=C(C)CN1CCC(NC(=NCC2(O)CCCC2)NCC)CC1.I. The fourth-order valence-electron chi connectivity index (χ4n) is 3.55. The summed E-state index contributed by atoms with van der Waals surface area (Å²) in [4.78, 5) is 7.11. The Bertz CT molecular complexity index is 413. The van der Waals surface area contributed by atoms with Gasteiger partial charge in [-0.15, -0.1) is 24.0 Å². The van der Waals surface area contributed by atoms with E-state index >= 15 is 0 Å². The topological polar surface area (TPSA) is 59.9 Å². The van der Waals surface area contributed by atoms with Crippen LogP contribution in [0.2, 0.25) is 0 Å². The van der Waals surface area contributed by atoms with Gasteiger partial charge >= 0.3 is 0 Å². The maximum Gasteiger partial charge on any atom is 0.191 e. The van der Waals surface area contributed by atoms with Crippen molar-refractivity contribution in [2.24, 2.45) is 4.99 Å². The lowest BCUT2D eigenvalue weighted by Gasteiger charge is -2.33. The van der Waals surface area contributed by atoms with Gasteiger partial charge < -0.3 is 15.7 Å². The van der Waals surface area contributed by atoms with Crippen LogP contribution in [0.25, 0.3) is 0 Å². The highest BCUT2D eigenvalue weighted by Gasteiger charge is 2.31. The normalized spacial score (nSPS) is 22.0. The molecule has 2 aliphatic rings. The minimum atomic E-state index is -0.576. The van der Waals surface area contributed by atoms with Crippen molar-refractivity contribution in [3.05, 3.63) is 12.2 Å². The van der Waals surface area contributed by atoms with Crippen LogP contribution in [0.5, 0.6) is 0 Å². The van der Waals surface area contributed by atoms with E-state index < -0.39 is 5.60 Å². The van der Waals surface area contributed by atoms with Crippen molar-refractivity contribution in [1.29, 1.82) is 0 Å². The van der Waals surface area contributed by atoms with Crippen molar-refractivity contribution in [3.8, 4) is 0 Å². The number of piperidine rings is 1. The summed E-state index contributed by atoms with van der Waals surface area (Å²) in [5.74, 6) is 0.853. The summed E-state index contributed by atoms with van der Waals surface area (Å²) < 4.78 is 0. The lowest BCUT2D eigenvalue weighted by atomic mass is 10.0. The molecule has 3 N–H and O–H groups in total. The van der Waals surface area contributed by atoms with Crippen LogP contribution in [0.4, 0.5) is 0 Å². The zero-order valence-corrected chi connectivity index (χ0v) is 17.6. The number of aliphatic imine (C=N–C) groups is 1. The molecule has 2 rings (SSSR count). The molecule has 1 aliphatic carbocycles. The highest BCUT2D eigenvalue weighted by molar-refractivity contribution is 14.0. The van der Waals surface area contributed by atoms with Gasteiger partial charge in [-0.1, -0.05) is 25.0 Å².